The Morgan fingerprint density at radius 3 is 2.18 bits per heavy atom. The highest BCUT2D eigenvalue weighted by Gasteiger charge is 2.21. The van der Waals surface area contributed by atoms with Gasteiger partial charge in [-0.3, -0.25) is 4.79 Å². The SMILES string of the molecule is CC[C@H](NC(=O)C[C@@H](Cc1ccc(Cl)cc1NC(C)C)c1ccc(Cl)cc1)c1cccc(Cl)c1. The molecular formula is C28H31Cl3N2O. The first kappa shape index (κ1) is 26.4. The van der Waals surface area contributed by atoms with Crippen LogP contribution in [0.4, 0.5) is 5.69 Å². The molecular weight excluding hydrogens is 487 g/mol. The predicted octanol–water partition coefficient (Wildman–Crippen LogP) is 8.45. The van der Waals surface area contributed by atoms with E-state index in [9.17, 15) is 4.79 Å². The van der Waals surface area contributed by atoms with Crippen LogP contribution in [0.5, 0.6) is 0 Å². The van der Waals surface area contributed by atoms with Gasteiger partial charge in [-0.05, 0) is 85.7 Å². The molecule has 3 aromatic carbocycles. The van der Waals surface area contributed by atoms with Crippen molar-refractivity contribution in [2.75, 3.05) is 5.32 Å². The molecule has 1 amide bonds. The van der Waals surface area contributed by atoms with Crippen molar-refractivity contribution in [3.63, 3.8) is 0 Å². The monoisotopic (exact) mass is 516 g/mol. The average molecular weight is 518 g/mol. The molecule has 3 rings (SSSR count). The van der Waals surface area contributed by atoms with Crippen molar-refractivity contribution in [1.82, 2.24) is 5.32 Å². The van der Waals surface area contributed by atoms with Gasteiger partial charge in [0.15, 0.2) is 0 Å². The Hall–Kier alpha value is -2.20. The standard InChI is InChI=1S/C28H31Cl3N2O/c1-4-26(20-6-5-7-24(30)15-20)33-28(34)16-22(19-8-11-23(29)12-9-19)14-21-10-13-25(31)17-27(21)32-18(2)3/h5-13,15,17-18,22,26,32H,4,14,16H2,1-3H3,(H,33,34)/t22-,26+/m1/s1. The van der Waals surface area contributed by atoms with Crippen molar-refractivity contribution in [3.8, 4) is 0 Å². The third-order valence-electron chi connectivity index (χ3n) is 5.75. The molecule has 3 nitrogen and oxygen atoms in total. The van der Waals surface area contributed by atoms with Crippen LogP contribution in [0.25, 0.3) is 0 Å². The maximum absolute atomic E-state index is 13.2. The number of amides is 1. The number of carbonyl (C=O) groups excluding carboxylic acids is 1. The topological polar surface area (TPSA) is 41.1 Å². The van der Waals surface area contributed by atoms with E-state index >= 15 is 0 Å². The van der Waals surface area contributed by atoms with E-state index in [4.69, 9.17) is 34.8 Å². The molecule has 180 valence electrons. The maximum Gasteiger partial charge on any atom is 0.221 e. The second kappa shape index (κ2) is 12.5. The van der Waals surface area contributed by atoms with Crippen molar-refractivity contribution in [2.24, 2.45) is 0 Å². The fourth-order valence-electron chi connectivity index (χ4n) is 4.10. The second-order valence-corrected chi connectivity index (χ2v) is 10.1. The predicted molar refractivity (Wildman–Crippen MR) is 145 cm³/mol. The minimum atomic E-state index is -0.0919. The van der Waals surface area contributed by atoms with Crippen LogP contribution in [0.15, 0.2) is 66.7 Å². The number of rotatable bonds is 10. The van der Waals surface area contributed by atoms with Gasteiger partial charge in [0.2, 0.25) is 5.91 Å². The first-order valence-electron chi connectivity index (χ1n) is 11.6. The van der Waals surface area contributed by atoms with Crippen LogP contribution >= 0.6 is 34.8 Å². The molecule has 0 bridgehead atoms. The summed E-state index contributed by atoms with van der Waals surface area (Å²) in [5.41, 5.74) is 4.19. The number of hydrogen-bond donors (Lipinski definition) is 2. The van der Waals surface area contributed by atoms with Gasteiger partial charge in [0, 0.05) is 33.2 Å². The lowest BCUT2D eigenvalue weighted by Crippen LogP contribution is -2.29. The highest BCUT2D eigenvalue weighted by molar-refractivity contribution is 6.31. The maximum atomic E-state index is 13.2. The van der Waals surface area contributed by atoms with E-state index in [-0.39, 0.29) is 23.9 Å². The van der Waals surface area contributed by atoms with Crippen LogP contribution in [0, 0.1) is 0 Å². The smallest absolute Gasteiger partial charge is 0.221 e. The Bertz CT molecular complexity index is 1100. The minimum Gasteiger partial charge on any atom is -0.383 e. The summed E-state index contributed by atoms with van der Waals surface area (Å²) in [7, 11) is 0. The van der Waals surface area contributed by atoms with Gasteiger partial charge in [0.25, 0.3) is 0 Å². The summed E-state index contributed by atoms with van der Waals surface area (Å²) in [5, 5.41) is 8.70. The van der Waals surface area contributed by atoms with Crippen molar-refractivity contribution < 1.29 is 4.79 Å². The van der Waals surface area contributed by atoms with Gasteiger partial charge in [-0.15, -0.1) is 0 Å². The average Bonchev–Trinajstić information content (AvgIpc) is 2.79. The molecule has 34 heavy (non-hydrogen) atoms. The molecule has 0 unspecified atom stereocenters. The molecule has 0 fully saturated rings. The molecule has 0 radical (unpaired) electrons. The summed E-state index contributed by atoms with van der Waals surface area (Å²) < 4.78 is 0. The summed E-state index contributed by atoms with van der Waals surface area (Å²) in [5.74, 6) is -0.0258. The first-order chi connectivity index (χ1) is 16.2. The van der Waals surface area contributed by atoms with Gasteiger partial charge in [0.05, 0.1) is 6.04 Å². The Labute approximate surface area is 217 Å². The molecule has 0 aliphatic heterocycles. The van der Waals surface area contributed by atoms with Crippen molar-refractivity contribution in [2.45, 2.75) is 58.0 Å². The highest BCUT2D eigenvalue weighted by atomic mass is 35.5. The fourth-order valence-corrected chi connectivity index (χ4v) is 4.60. The molecule has 2 N–H and O–H groups in total. The molecule has 0 heterocycles. The fraction of sp³-hybridized carbons (Fsp3) is 0.321. The molecule has 0 saturated heterocycles. The number of carbonyl (C=O) groups is 1. The normalized spacial score (nSPS) is 12.9. The molecule has 0 saturated carbocycles. The molecule has 0 aliphatic carbocycles. The molecule has 0 aliphatic rings. The lowest BCUT2D eigenvalue weighted by Gasteiger charge is -2.23. The summed E-state index contributed by atoms with van der Waals surface area (Å²) in [4.78, 5) is 13.2. The Balaban J connectivity index is 1.84. The van der Waals surface area contributed by atoms with E-state index < -0.39 is 0 Å². The van der Waals surface area contributed by atoms with Crippen LogP contribution in [0.1, 0.15) is 62.3 Å². The zero-order valence-corrected chi connectivity index (χ0v) is 22.0. The van der Waals surface area contributed by atoms with Gasteiger partial charge in [0.1, 0.15) is 0 Å². The number of halogens is 3. The molecule has 0 spiro atoms. The summed E-state index contributed by atoms with van der Waals surface area (Å²) in [6.07, 6.45) is 1.81. The number of hydrogen-bond acceptors (Lipinski definition) is 2. The molecule has 2 atom stereocenters. The molecule has 3 aromatic rings. The Kier molecular flexibility index (Phi) is 9.70. The third kappa shape index (κ3) is 7.66. The minimum absolute atomic E-state index is 0.000826. The van der Waals surface area contributed by atoms with Crippen molar-refractivity contribution in [3.05, 3.63) is 98.5 Å². The summed E-state index contributed by atoms with van der Waals surface area (Å²) in [6.45, 7) is 6.24. The second-order valence-electron chi connectivity index (χ2n) is 8.84. The van der Waals surface area contributed by atoms with Crippen LogP contribution in [0.3, 0.4) is 0 Å². The van der Waals surface area contributed by atoms with Crippen molar-refractivity contribution >= 4 is 46.4 Å². The summed E-state index contributed by atoms with van der Waals surface area (Å²) in [6, 6.07) is 21.4. The molecule has 6 heteroatoms. The van der Waals surface area contributed by atoms with Gasteiger partial charge >= 0.3 is 0 Å². The van der Waals surface area contributed by atoms with Crippen LogP contribution in [0.2, 0.25) is 15.1 Å². The zero-order valence-electron chi connectivity index (χ0n) is 19.7. The van der Waals surface area contributed by atoms with E-state index in [1.807, 2.05) is 66.7 Å². The highest BCUT2D eigenvalue weighted by Crippen LogP contribution is 2.31. The largest absolute Gasteiger partial charge is 0.383 e. The Morgan fingerprint density at radius 1 is 0.853 bits per heavy atom. The van der Waals surface area contributed by atoms with Crippen molar-refractivity contribution in [1.29, 1.82) is 0 Å². The Morgan fingerprint density at radius 2 is 1.53 bits per heavy atom. The first-order valence-corrected chi connectivity index (χ1v) is 12.7. The lowest BCUT2D eigenvalue weighted by atomic mass is 9.88. The van der Waals surface area contributed by atoms with E-state index in [2.05, 4.69) is 31.4 Å². The number of anilines is 1. The number of nitrogens with one attached hydrogen (secondary N) is 2. The zero-order chi connectivity index (χ0) is 24.7. The molecule has 0 aromatic heterocycles. The number of benzene rings is 3. The lowest BCUT2D eigenvalue weighted by molar-refractivity contribution is -0.122. The van der Waals surface area contributed by atoms with E-state index in [0.717, 1.165) is 28.8 Å². The van der Waals surface area contributed by atoms with Gasteiger partial charge < -0.3 is 10.6 Å². The third-order valence-corrected chi connectivity index (χ3v) is 6.47. The van der Waals surface area contributed by atoms with E-state index in [1.165, 1.54) is 0 Å². The van der Waals surface area contributed by atoms with E-state index in [0.29, 0.717) is 27.9 Å². The van der Waals surface area contributed by atoms with E-state index in [1.54, 1.807) is 0 Å². The van der Waals surface area contributed by atoms with Crippen LogP contribution < -0.4 is 10.6 Å². The van der Waals surface area contributed by atoms with Crippen LogP contribution in [-0.4, -0.2) is 11.9 Å². The van der Waals surface area contributed by atoms with Gasteiger partial charge in [-0.2, -0.15) is 0 Å². The quantitative estimate of drug-likeness (QED) is 0.283. The van der Waals surface area contributed by atoms with Gasteiger partial charge in [-0.25, -0.2) is 0 Å². The summed E-state index contributed by atoms with van der Waals surface area (Å²) >= 11 is 18.6. The van der Waals surface area contributed by atoms with Crippen LogP contribution in [-0.2, 0) is 11.2 Å². The van der Waals surface area contributed by atoms with Gasteiger partial charge in [-0.1, -0.05) is 72.1 Å².